The Balaban J connectivity index is 1.41. The van der Waals surface area contributed by atoms with Crippen LogP contribution in [-0.2, 0) is 15.8 Å². The minimum Gasteiger partial charge on any atom is -0.381 e. The molecule has 3 saturated heterocycles. The fraction of sp³-hybridized carbons (Fsp3) is 0.556. The van der Waals surface area contributed by atoms with Crippen LogP contribution in [0.5, 0.6) is 0 Å². The van der Waals surface area contributed by atoms with Gasteiger partial charge in [-0.1, -0.05) is 11.6 Å². The second-order valence-electron chi connectivity index (χ2n) is 11.0. The molecule has 42 heavy (non-hydrogen) atoms. The molecule has 1 aromatic carbocycles. The van der Waals surface area contributed by atoms with Crippen molar-refractivity contribution in [2.45, 2.75) is 37.5 Å². The third kappa shape index (κ3) is 6.33. The second-order valence-corrected chi connectivity index (χ2v) is 11.5. The second kappa shape index (κ2) is 12.1. The Bertz CT molecular complexity index is 1320. The molecule has 3 N–H and O–H groups in total. The Morgan fingerprint density at radius 2 is 1.81 bits per heavy atom. The summed E-state index contributed by atoms with van der Waals surface area (Å²) in [6.45, 7) is 3.39. The molecule has 5 rings (SSSR count). The lowest BCUT2D eigenvalue weighted by Gasteiger charge is -2.47. The molecule has 15 heteroatoms. The predicted octanol–water partition coefficient (Wildman–Crippen LogP) is 2.94. The number of anilines is 3. The van der Waals surface area contributed by atoms with E-state index in [9.17, 15) is 27.2 Å². The van der Waals surface area contributed by atoms with Crippen LogP contribution in [-0.4, -0.2) is 101 Å². The SMILES string of the molecule is CN1CCN(C(=O)[C@@H]2CCN(c3ncnc(N)c3F)C[C@H]2N2CCC[C@H](Nc3cc(Cl)cc(C(F)(F)F)c3)C2=O)CC1. The summed E-state index contributed by atoms with van der Waals surface area (Å²) < 4.78 is 55.1. The van der Waals surface area contributed by atoms with Gasteiger partial charge in [0, 0.05) is 56.5 Å². The highest BCUT2D eigenvalue weighted by atomic mass is 35.5. The molecule has 2 amide bonds. The van der Waals surface area contributed by atoms with E-state index in [2.05, 4.69) is 20.2 Å². The Labute approximate surface area is 245 Å². The van der Waals surface area contributed by atoms with Crippen molar-refractivity contribution in [1.82, 2.24) is 24.7 Å². The summed E-state index contributed by atoms with van der Waals surface area (Å²) in [6.07, 6.45) is -2.16. The molecular formula is C27H33ClF4N8O2. The first kappa shape index (κ1) is 30.1. The van der Waals surface area contributed by atoms with Gasteiger partial charge in [-0.25, -0.2) is 9.97 Å². The average molecular weight is 613 g/mol. The average Bonchev–Trinajstić information content (AvgIpc) is 2.95. The molecule has 1 aromatic heterocycles. The van der Waals surface area contributed by atoms with Crippen LogP contribution in [0.3, 0.4) is 0 Å². The Morgan fingerprint density at radius 1 is 1.07 bits per heavy atom. The maximum Gasteiger partial charge on any atom is 0.416 e. The zero-order chi connectivity index (χ0) is 30.2. The van der Waals surface area contributed by atoms with Crippen molar-refractivity contribution in [3.63, 3.8) is 0 Å². The molecule has 0 spiro atoms. The minimum atomic E-state index is -4.61. The quantitative estimate of drug-likeness (QED) is 0.496. The number of nitrogens with zero attached hydrogens (tertiary/aromatic N) is 6. The number of halogens is 5. The first-order valence-corrected chi connectivity index (χ1v) is 14.2. The van der Waals surface area contributed by atoms with E-state index in [1.807, 2.05) is 11.9 Å². The first-order valence-electron chi connectivity index (χ1n) is 13.9. The van der Waals surface area contributed by atoms with Crippen molar-refractivity contribution in [3.05, 3.63) is 40.9 Å². The number of nitrogen functional groups attached to an aromatic ring is 1. The zero-order valence-corrected chi connectivity index (χ0v) is 23.8. The van der Waals surface area contributed by atoms with E-state index < -0.39 is 35.6 Å². The van der Waals surface area contributed by atoms with E-state index in [0.717, 1.165) is 31.5 Å². The highest BCUT2D eigenvalue weighted by Crippen LogP contribution is 2.35. The van der Waals surface area contributed by atoms with Crippen LogP contribution in [0, 0.1) is 11.7 Å². The van der Waals surface area contributed by atoms with Gasteiger partial charge in [-0.15, -0.1) is 0 Å². The lowest BCUT2D eigenvalue weighted by atomic mass is 9.86. The zero-order valence-electron chi connectivity index (χ0n) is 23.1. The van der Waals surface area contributed by atoms with Gasteiger partial charge < -0.3 is 30.7 Å². The van der Waals surface area contributed by atoms with Gasteiger partial charge in [-0.05, 0) is 44.5 Å². The van der Waals surface area contributed by atoms with Crippen molar-refractivity contribution in [3.8, 4) is 0 Å². The van der Waals surface area contributed by atoms with Gasteiger partial charge in [0.25, 0.3) is 0 Å². The van der Waals surface area contributed by atoms with E-state index >= 15 is 0 Å². The Morgan fingerprint density at radius 3 is 2.52 bits per heavy atom. The molecule has 3 fully saturated rings. The van der Waals surface area contributed by atoms with E-state index in [0.29, 0.717) is 45.4 Å². The predicted molar refractivity (Wildman–Crippen MR) is 149 cm³/mol. The summed E-state index contributed by atoms with van der Waals surface area (Å²) in [4.78, 5) is 42.7. The van der Waals surface area contributed by atoms with Gasteiger partial charge in [0.15, 0.2) is 11.6 Å². The minimum absolute atomic E-state index is 0.00395. The number of hydrogen-bond donors (Lipinski definition) is 2. The number of nitrogens with one attached hydrogen (secondary N) is 1. The lowest BCUT2D eigenvalue weighted by Crippen LogP contribution is -2.63. The lowest BCUT2D eigenvalue weighted by molar-refractivity contribution is -0.145. The third-order valence-corrected chi connectivity index (χ3v) is 8.47. The molecular weight excluding hydrogens is 580 g/mol. The summed E-state index contributed by atoms with van der Waals surface area (Å²) in [6, 6.07) is 1.63. The topological polar surface area (TPSA) is 111 Å². The maximum absolute atomic E-state index is 14.9. The molecule has 0 saturated carbocycles. The number of likely N-dealkylation sites (tertiary alicyclic amines) is 1. The van der Waals surface area contributed by atoms with Gasteiger partial charge in [-0.3, -0.25) is 9.59 Å². The number of aromatic nitrogens is 2. The number of likely N-dealkylation sites (N-methyl/N-ethyl adjacent to an activating group) is 1. The number of benzene rings is 1. The summed E-state index contributed by atoms with van der Waals surface area (Å²) >= 11 is 5.96. The Hall–Kier alpha value is -3.39. The molecule has 0 radical (unpaired) electrons. The van der Waals surface area contributed by atoms with Gasteiger partial charge >= 0.3 is 6.18 Å². The maximum atomic E-state index is 14.9. The van der Waals surface area contributed by atoms with Crippen molar-refractivity contribution in [2.24, 2.45) is 5.92 Å². The third-order valence-electron chi connectivity index (χ3n) is 8.25. The van der Waals surface area contributed by atoms with E-state index in [-0.39, 0.29) is 40.7 Å². The number of piperidine rings is 2. The molecule has 0 unspecified atom stereocenters. The molecule has 3 aliphatic heterocycles. The van der Waals surface area contributed by atoms with Crippen LogP contribution in [0.2, 0.25) is 5.02 Å². The molecule has 0 bridgehead atoms. The molecule has 3 atom stereocenters. The summed E-state index contributed by atoms with van der Waals surface area (Å²) in [5.74, 6) is -2.03. The van der Waals surface area contributed by atoms with Gasteiger partial charge in [0.2, 0.25) is 17.6 Å². The van der Waals surface area contributed by atoms with Gasteiger partial charge in [-0.2, -0.15) is 17.6 Å². The standard InChI is InChI=1S/C27H33ClF4N8O2/c1-37-7-9-38(10-8-37)25(41)19-4-6-39(24-22(29)23(33)34-15-35-24)14-21(19)40-5-2-3-20(26(40)42)36-18-12-16(27(30,31)32)11-17(28)13-18/h11-13,15,19-21,36H,2-10,14H2,1H3,(H2,33,34,35)/t19-,20+,21-/m1/s1. The summed E-state index contributed by atoms with van der Waals surface area (Å²) in [5.41, 5.74) is 4.83. The van der Waals surface area contributed by atoms with Crippen LogP contribution in [0.25, 0.3) is 0 Å². The molecule has 10 nitrogen and oxygen atoms in total. The fourth-order valence-corrected chi connectivity index (χ4v) is 6.22. The highest BCUT2D eigenvalue weighted by Gasteiger charge is 2.45. The van der Waals surface area contributed by atoms with Crippen molar-refractivity contribution >= 4 is 40.7 Å². The number of amides is 2. The van der Waals surface area contributed by atoms with Crippen LogP contribution in [0.4, 0.5) is 34.9 Å². The van der Waals surface area contributed by atoms with Crippen LogP contribution in [0.1, 0.15) is 24.8 Å². The molecule has 228 valence electrons. The number of hydrogen-bond acceptors (Lipinski definition) is 8. The number of alkyl halides is 3. The Kier molecular flexibility index (Phi) is 8.65. The first-order chi connectivity index (χ1) is 19.9. The van der Waals surface area contributed by atoms with Crippen LogP contribution in [0.15, 0.2) is 24.5 Å². The van der Waals surface area contributed by atoms with Crippen LogP contribution >= 0.6 is 11.6 Å². The largest absolute Gasteiger partial charge is 0.416 e. The summed E-state index contributed by atoms with van der Waals surface area (Å²) in [7, 11) is 1.99. The monoisotopic (exact) mass is 612 g/mol. The summed E-state index contributed by atoms with van der Waals surface area (Å²) in [5, 5.41) is 2.83. The number of rotatable bonds is 5. The highest BCUT2D eigenvalue weighted by molar-refractivity contribution is 6.31. The normalized spacial score (nSPS) is 24.2. The molecule has 2 aromatic rings. The molecule has 0 aliphatic carbocycles. The van der Waals surface area contributed by atoms with Crippen molar-refractivity contribution in [1.29, 1.82) is 0 Å². The number of nitrogens with two attached hydrogens (primary N) is 1. The van der Waals surface area contributed by atoms with E-state index in [4.69, 9.17) is 17.3 Å². The van der Waals surface area contributed by atoms with Gasteiger partial charge in [0.1, 0.15) is 12.4 Å². The van der Waals surface area contributed by atoms with Gasteiger partial charge in [0.05, 0.1) is 17.5 Å². The fourth-order valence-electron chi connectivity index (χ4n) is 5.98. The smallest absolute Gasteiger partial charge is 0.381 e. The van der Waals surface area contributed by atoms with Crippen molar-refractivity contribution < 1.29 is 27.2 Å². The number of carbonyl (C=O) groups is 2. The molecule has 4 heterocycles. The number of piperazine rings is 1. The molecule has 3 aliphatic rings. The number of carbonyl (C=O) groups excluding carboxylic acids is 2. The van der Waals surface area contributed by atoms with Crippen molar-refractivity contribution in [2.75, 3.05) is 68.8 Å². The van der Waals surface area contributed by atoms with Crippen LogP contribution < -0.4 is 16.0 Å². The van der Waals surface area contributed by atoms with E-state index in [1.54, 1.807) is 9.80 Å². The van der Waals surface area contributed by atoms with E-state index in [1.165, 1.54) is 6.07 Å².